The van der Waals surface area contributed by atoms with E-state index in [-0.39, 0.29) is 0 Å². The van der Waals surface area contributed by atoms with Crippen LogP contribution in [0.15, 0.2) is 41.3 Å². The zero-order valence-corrected chi connectivity index (χ0v) is 9.32. The molecular formula is C11H9BrN2. The summed E-state index contributed by atoms with van der Waals surface area (Å²) in [6.45, 7) is 1.98. The molecule has 0 aliphatic rings. The number of aryl methyl sites for hydroxylation is 1. The Morgan fingerprint density at radius 3 is 2.71 bits per heavy atom. The van der Waals surface area contributed by atoms with Crippen LogP contribution in [0.2, 0.25) is 0 Å². The molecule has 3 heteroatoms. The van der Waals surface area contributed by atoms with Gasteiger partial charge < -0.3 is 0 Å². The van der Waals surface area contributed by atoms with Crippen LogP contribution >= 0.6 is 15.9 Å². The fraction of sp³-hybridized carbons (Fsp3) is 0.0909. The van der Waals surface area contributed by atoms with Crippen molar-refractivity contribution in [2.24, 2.45) is 0 Å². The standard InChI is InChI=1S/C11H9BrN2/c1-8-4-9(2-3-14-8)10-5-11(12)7-13-6-10/h2-7H,1H3. The van der Waals surface area contributed by atoms with Crippen molar-refractivity contribution >= 4 is 15.9 Å². The molecule has 0 bridgehead atoms. The van der Waals surface area contributed by atoms with E-state index in [2.05, 4.69) is 25.9 Å². The quantitative estimate of drug-likeness (QED) is 0.775. The topological polar surface area (TPSA) is 25.8 Å². The molecule has 0 aliphatic carbocycles. The van der Waals surface area contributed by atoms with E-state index in [0.717, 1.165) is 21.3 Å². The molecule has 14 heavy (non-hydrogen) atoms. The molecular weight excluding hydrogens is 240 g/mol. The third kappa shape index (κ3) is 1.99. The highest BCUT2D eigenvalue weighted by atomic mass is 79.9. The van der Waals surface area contributed by atoms with Gasteiger partial charge in [0.1, 0.15) is 0 Å². The van der Waals surface area contributed by atoms with Crippen LogP contribution in [0.1, 0.15) is 5.69 Å². The molecule has 0 saturated carbocycles. The molecule has 2 heterocycles. The summed E-state index contributed by atoms with van der Waals surface area (Å²) < 4.78 is 0.990. The molecule has 0 amide bonds. The summed E-state index contributed by atoms with van der Waals surface area (Å²) in [4.78, 5) is 8.28. The summed E-state index contributed by atoms with van der Waals surface area (Å²) in [6.07, 6.45) is 5.43. The predicted molar refractivity (Wildman–Crippen MR) is 59.9 cm³/mol. The van der Waals surface area contributed by atoms with Gasteiger partial charge in [0.15, 0.2) is 0 Å². The smallest absolute Gasteiger partial charge is 0.0410 e. The molecule has 0 N–H and O–H groups in total. The van der Waals surface area contributed by atoms with Gasteiger partial charge in [0, 0.05) is 34.3 Å². The fourth-order valence-electron chi connectivity index (χ4n) is 1.29. The third-order valence-electron chi connectivity index (χ3n) is 1.93. The Labute approximate surface area is 91.2 Å². The van der Waals surface area contributed by atoms with Gasteiger partial charge in [0.25, 0.3) is 0 Å². The van der Waals surface area contributed by atoms with E-state index in [1.807, 2.05) is 37.5 Å². The van der Waals surface area contributed by atoms with Crippen LogP contribution in [-0.2, 0) is 0 Å². The molecule has 0 unspecified atom stereocenters. The lowest BCUT2D eigenvalue weighted by atomic mass is 10.1. The number of halogens is 1. The molecule has 0 spiro atoms. The van der Waals surface area contributed by atoms with Crippen molar-refractivity contribution in [2.75, 3.05) is 0 Å². The van der Waals surface area contributed by atoms with Crippen LogP contribution in [0.4, 0.5) is 0 Å². The van der Waals surface area contributed by atoms with Crippen molar-refractivity contribution in [3.05, 3.63) is 47.0 Å². The Bertz CT molecular complexity index is 411. The number of rotatable bonds is 1. The second-order valence-electron chi connectivity index (χ2n) is 3.08. The van der Waals surface area contributed by atoms with Crippen molar-refractivity contribution in [1.82, 2.24) is 9.97 Å². The lowest BCUT2D eigenvalue weighted by molar-refractivity contribution is 1.20. The van der Waals surface area contributed by atoms with Crippen molar-refractivity contribution in [2.45, 2.75) is 6.92 Å². The van der Waals surface area contributed by atoms with Crippen LogP contribution in [0, 0.1) is 6.92 Å². The minimum Gasteiger partial charge on any atom is -0.263 e. The van der Waals surface area contributed by atoms with E-state index in [0.29, 0.717) is 0 Å². The summed E-state index contributed by atoms with van der Waals surface area (Å²) in [5, 5.41) is 0. The van der Waals surface area contributed by atoms with Crippen LogP contribution < -0.4 is 0 Å². The van der Waals surface area contributed by atoms with Gasteiger partial charge in [-0.05, 0) is 46.6 Å². The van der Waals surface area contributed by atoms with Gasteiger partial charge in [-0.1, -0.05) is 0 Å². The van der Waals surface area contributed by atoms with Crippen molar-refractivity contribution < 1.29 is 0 Å². The van der Waals surface area contributed by atoms with E-state index < -0.39 is 0 Å². The van der Waals surface area contributed by atoms with Crippen LogP contribution in [0.25, 0.3) is 11.1 Å². The first-order valence-corrected chi connectivity index (χ1v) is 5.08. The average molecular weight is 249 g/mol. The minimum absolute atomic E-state index is 0.990. The number of aromatic nitrogens is 2. The number of nitrogens with zero attached hydrogens (tertiary/aromatic N) is 2. The van der Waals surface area contributed by atoms with E-state index >= 15 is 0 Å². The van der Waals surface area contributed by atoms with Crippen LogP contribution in [0.5, 0.6) is 0 Å². The number of hydrogen-bond donors (Lipinski definition) is 0. The summed E-state index contributed by atoms with van der Waals surface area (Å²) in [5.41, 5.74) is 3.26. The molecule has 2 aromatic heterocycles. The molecule has 0 aliphatic heterocycles. The molecule has 2 rings (SSSR count). The third-order valence-corrected chi connectivity index (χ3v) is 2.37. The van der Waals surface area contributed by atoms with Gasteiger partial charge in [0.05, 0.1) is 0 Å². The Morgan fingerprint density at radius 1 is 1.14 bits per heavy atom. The highest BCUT2D eigenvalue weighted by Gasteiger charge is 1.98. The Kier molecular flexibility index (Phi) is 2.59. The second kappa shape index (κ2) is 3.88. The number of pyridine rings is 2. The van der Waals surface area contributed by atoms with Crippen molar-refractivity contribution in [3.63, 3.8) is 0 Å². The normalized spacial score (nSPS) is 10.1. The van der Waals surface area contributed by atoms with Gasteiger partial charge in [-0.2, -0.15) is 0 Å². The maximum Gasteiger partial charge on any atom is 0.0410 e. The average Bonchev–Trinajstić information content (AvgIpc) is 2.18. The van der Waals surface area contributed by atoms with Gasteiger partial charge >= 0.3 is 0 Å². The maximum atomic E-state index is 4.16. The first-order chi connectivity index (χ1) is 6.75. The molecule has 2 nitrogen and oxygen atoms in total. The van der Waals surface area contributed by atoms with E-state index in [1.54, 1.807) is 6.20 Å². The Hall–Kier alpha value is -1.22. The molecule has 0 saturated heterocycles. The van der Waals surface area contributed by atoms with Crippen LogP contribution in [0.3, 0.4) is 0 Å². The van der Waals surface area contributed by atoms with Crippen molar-refractivity contribution in [3.8, 4) is 11.1 Å². The first kappa shape index (κ1) is 9.34. The lowest BCUT2D eigenvalue weighted by Gasteiger charge is -2.01. The van der Waals surface area contributed by atoms with Gasteiger partial charge in [-0.3, -0.25) is 9.97 Å². The van der Waals surface area contributed by atoms with E-state index in [1.165, 1.54) is 0 Å². The summed E-state index contributed by atoms with van der Waals surface area (Å²) >= 11 is 3.40. The molecule has 0 aromatic carbocycles. The summed E-state index contributed by atoms with van der Waals surface area (Å²) in [7, 11) is 0. The Morgan fingerprint density at radius 2 is 2.00 bits per heavy atom. The zero-order valence-electron chi connectivity index (χ0n) is 7.74. The number of hydrogen-bond acceptors (Lipinski definition) is 2. The first-order valence-electron chi connectivity index (χ1n) is 4.29. The predicted octanol–water partition coefficient (Wildman–Crippen LogP) is 3.21. The highest BCUT2D eigenvalue weighted by molar-refractivity contribution is 9.10. The Balaban J connectivity index is 2.49. The van der Waals surface area contributed by atoms with E-state index in [4.69, 9.17) is 0 Å². The summed E-state index contributed by atoms with van der Waals surface area (Å²) in [5.74, 6) is 0. The minimum atomic E-state index is 0.990. The molecule has 0 atom stereocenters. The van der Waals surface area contributed by atoms with Crippen molar-refractivity contribution in [1.29, 1.82) is 0 Å². The molecule has 70 valence electrons. The van der Waals surface area contributed by atoms with Gasteiger partial charge in [0.2, 0.25) is 0 Å². The van der Waals surface area contributed by atoms with Gasteiger partial charge in [-0.25, -0.2) is 0 Å². The van der Waals surface area contributed by atoms with Gasteiger partial charge in [-0.15, -0.1) is 0 Å². The second-order valence-corrected chi connectivity index (χ2v) is 3.99. The molecule has 2 aromatic rings. The van der Waals surface area contributed by atoms with Crippen LogP contribution in [-0.4, -0.2) is 9.97 Å². The monoisotopic (exact) mass is 248 g/mol. The SMILES string of the molecule is Cc1cc(-c2cncc(Br)c2)ccn1. The largest absolute Gasteiger partial charge is 0.263 e. The maximum absolute atomic E-state index is 4.16. The fourth-order valence-corrected chi connectivity index (χ4v) is 1.66. The van der Waals surface area contributed by atoms with E-state index in [9.17, 15) is 0 Å². The zero-order chi connectivity index (χ0) is 9.97. The summed E-state index contributed by atoms with van der Waals surface area (Å²) in [6, 6.07) is 6.07. The lowest BCUT2D eigenvalue weighted by Crippen LogP contribution is -1.84. The molecule has 0 fully saturated rings. The highest BCUT2D eigenvalue weighted by Crippen LogP contribution is 2.21. The molecule has 0 radical (unpaired) electrons.